The van der Waals surface area contributed by atoms with Gasteiger partial charge < -0.3 is 9.64 Å². The average molecular weight is 441 g/mol. The van der Waals surface area contributed by atoms with Gasteiger partial charge in [0.2, 0.25) is 5.88 Å². The maximum absolute atomic E-state index is 14.6. The van der Waals surface area contributed by atoms with Gasteiger partial charge in [-0.25, -0.2) is 13.8 Å². The van der Waals surface area contributed by atoms with Crippen LogP contribution in [0.5, 0.6) is 5.88 Å². The second-order valence-corrected chi connectivity index (χ2v) is 8.08. The van der Waals surface area contributed by atoms with Crippen LogP contribution >= 0.6 is 11.3 Å². The van der Waals surface area contributed by atoms with Gasteiger partial charge in [-0.2, -0.15) is 10.2 Å². The number of ether oxygens (including phenoxy) is 1. The number of carbonyl (C=O) groups is 1. The third-order valence-corrected chi connectivity index (χ3v) is 6.06. The second kappa shape index (κ2) is 7.69. The van der Waals surface area contributed by atoms with Gasteiger partial charge in [0.05, 0.1) is 24.5 Å². The lowest BCUT2D eigenvalue weighted by atomic mass is 10.0. The van der Waals surface area contributed by atoms with Crippen LogP contribution in [-0.2, 0) is 0 Å². The number of para-hydroxylation sites is 1. The molecule has 1 aromatic carbocycles. The Morgan fingerprint density at radius 1 is 1.13 bits per heavy atom. The molecule has 0 aliphatic carbocycles. The molecule has 0 radical (unpaired) electrons. The predicted octanol–water partition coefficient (Wildman–Crippen LogP) is 3.81. The molecule has 5 rings (SSSR count). The molecule has 1 amide bonds. The van der Waals surface area contributed by atoms with Crippen LogP contribution in [0.25, 0.3) is 16.6 Å². The van der Waals surface area contributed by atoms with E-state index in [1.54, 1.807) is 29.6 Å². The van der Waals surface area contributed by atoms with Crippen molar-refractivity contribution in [1.29, 1.82) is 0 Å². The Kier molecular flexibility index (Phi) is 4.85. The molecule has 1 fully saturated rings. The lowest BCUT2D eigenvalue weighted by Crippen LogP contribution is -2.55. The van der Waals surface area contributed by atoms with Crippen LogP contribution in [0.15, 0.2) is 60.2 Å². The van der Waals surface area contributed by atoms with Gasteiger partial charge in [-0.05, 0) is 23.6 Å². The molecule has 1 aliphatic heterocycles. The zero-order valence-electron chi connectivity index (χ0n) is 16.2. The van der Waals surface area contributed by atoms with Gasteiger partial charge in [-0.3, -0.25) is 4.79 Å². The maximum Gasteiger partial charge on any atom is 0.287 e. The van der Waals surface area contributed by atoms with Crippen molar-refractivity contribution in [3.63, 3.8) is 0 Å². The zero-order chi connectivity index (χ0) is 21.4. The Morgan fingerprint density at radius 3 is 2.77 bits per heavy atom. The molecule has 158 valence electrons. The third-order valence-electron chi connectivity index (χ3n) is 5.17. The van der Waals surface area contributed by atoms with Crippen molar-refractivity contribution in [2.45, 2.75) is 18.4 Å². The molecule has 4 aromatic rings. The van der Waals surface area contributed by atoms with Crippen molar-refractivity contribution in [1.82, 2.24) is 24.9 Å². The number of aromatic nitrogens is 4. The Morgan fingerprint density at radius 2 is 1.94 bits per heavy atom. The second-order valence-electron chi connectivity index (χ2n) is 7.16. The Hall–Kier alpha value is -3.40. The molecule has 7 nitrogen and oxygen atoms in total. The lowest BCUT2D eigenvalue weighted by Gasteiger charge is -2.37. The topological polar surface area (TPSA) is 73.1 Å². The van der Waals surface area contributed by atoms with Crippen molar-refractivity contribution < 1.29 is 18.3 Å². The van der Waals surface area contributed by atoms with E-state index in [9.17, 15) is 13.6 Å². The van der Waals surface area contributed by atoms with E-state index in [-0.39, 0.29) is 24.9 Å². The van der Waals surface area contributed by atoms with Crippen molar-refractivity contribution in [2.24, 2.45) is 0 Å². The molecule has 4 heterocycles. The first kappa shape index (κ1) is 19.6. The normalized spacial score (nSPS) is 18.3. The van der Waals surface area contributed by atoms with Crippen LogP contribution in [0.3, 0.4) is 0 Å². The largest absolute Gasteiger partial charge is 0.466 e. The van der Waals surface area contributed by atoms with Crippen LogP contribution in [0.4, 0.5) is 8.78 Å². The minimum atomic E-state index is -3.08. The van der Waals surface area contributed by atoms with Gasteiger partial charge >= 0.3 is 0 Å². The Bertz CT molecular complexity index is 1230. The number of carbonyl (C=O) groups excluding carboxylic acids is 1. The van der Waals surface area contributed by atoms with E-state index in [1.807, 2.05) is 18.2 Å². The Labute approximate surface area is 179 Å². The zero-order valence-corrected chi connectivity index (χ0v) is 17.0. The highest BCUT2D eigenvalue weighted by molar-refractivity contribution is 7.12. The molecule has 10 heteroatoms. The number of piperidine rings is 1. The first-order chi connectivity index (χ1) is 15.0. The summed E-state index contributed by atoms with van der Waals surface area (Å²) < 4.78 is 34.9. The molecule has 0 bridgehead atoms. The van der Waals surface area contributed by atoms with Crippen LogP contribution in [-0.4, -0.2) is 55.9 Å². The minimum absolute atomic E-state index is 0.0687. The van der Waals surface area contributed by atoms with E-state index >= 15 is 0 Å². The van der Waals surface area contributed by atoms with Crippen LogP contribution < -0.4 is 4.74 Å². The number of halogens is 2. The first-order valence-corrected chi connectivity index (χ1v) is 10.5. The summed E-state index contributed by atoms with van der Waals surface area (Å²) in [7, 11) is 0. The number of benzene rings is 1. The number of amides is 1. The molecule has 31 heavy (non-hydrogen) atoms. The number of thiophene rings is 1. The summed E-state index contributed by atoms with van der Waals surface area (Å²) in [6, 6.07) is 12.4. The minimum Gasteiger partial charge on any atom is -0.466 e. The predicted molar refractivity (Wildman–Crippen MR) is 111 cm³/mol. The molecule has 1 unspecified atom stereocenters. The number of nitrogens with zero attached hydrogens (tertiary/aromatic N) is 5. The number of fused-ring (bicyclic) bond motifs is 1. The fraction of sp³-hybridized carbons (Fsp3) is 0.238. The van der Waals surface area contributed by atoms with Gasteiger partial charge in [0.15, 0.2) is 6.10 Å². The molecule has 1 aliphatic rings. The number of hydrogen-bond acceptors (Lipinski definition) is 6. The van der Waals surface area contributed by atoms with Crippen molar-refractivity contribution in [3.8, 4) is 11.6 Å². The van der Waals surface area contributed by atoms with Gasteiger partial charge in [0.1, 0.15) is 10.6 Å². The van der Waals surface area contributed by atoms with Crippen molar-refractivity contribution in [2.75, 3.05) is 13.1 Å². The first-order valence-electron chi connectivity index (χ1n) is 9.65. The number of pyridine rings is 1. The third kappa shape index (κ3) is 3.74. The molecule has 0 saturated carbocycles. The number of alkyl halides is 2. The molecular weight excluding hydrogens is 424 g/mol. The molecule has 0 N–H and O–H groups in total. The monoisotopic (exact) mass is 441 g/mol. The van der Waals surface area contributed by atoms with E-state index in [2.05, 4.69) is 15.2 Å². The summed E-state index contributed by atoms with van der Waals surface area (Å²) in [4.78, 5) is 20.6. The fourth-order valence-corrected chi connectivity index (χ4v) is 4.37. The highest BCUT2D eigenvalue weighted by atomic mass is 32.1. The quantitative estimate of drug-likeness (QED) is 0.482. The standard InChI is InChI=1S/C21H17F2N5O2S/c22-21(23)8-11-27(20(29)19-16(7-12-31-19)28-24-9-10-25-28)13-17(21)30-18-6-5-14-3-1-2-4-15(14)26-18/h1-7,9-10,12,17H,8,11,13H2. The molecule has 1 saturated heterocycles. The van der Waals surface area contributed by atoms with Crippen LogP contribution in [0, 0.1) is 0 Å². The van der Waals surface area contributed by atoms with E-state index < -0.39 is 18.4 Å². The smallest absolute Gasteiger partial charge is 0.287 e. The molecule has 3 aromatic heterocycles. The summed E-state index contributed by atoms with van der Waals surface area (Å²) >= 11 is 1.22. The van der Waals surface area contributed by atoms with Crippen LogP contribution in [0.1, 0.15) is 16.1 Å². The van der Waals surface area contributed by atoms with E-state index in [0.29, 0.717) is 16.1 Å². The van der Waals surface area contributed by atoms with E-state index in [0.717, 1.165) is 5.39 Å². The van der Waals surface area contributed by atoms with Gasteiger partial charge in [-0.1, -0.05) is 18.2 Å². The summed E-state index contributed by atoms with van der Waals surface area (Å²) in [5, 5.41) is 10.7. The summed E-state index contributed by atoms with van der Waals surface area (Å²) in [6.07, 6.45) is 1.03. The fourth-order valence-electron chi connectivity index (χ4n) is 3.54. The van der Waals surface area contributed by atoms with E-state index in [1.165, 1.54) is 33.4 Å². The average Bonchev–Trinajstić information content (AvgIpc) is 3.46. The number of hydrogen-bond donors (Lipinski definition) is 0. The van der Waals surface area contributed by atoms with E-state index in [4.69, 9.17) is 4.74 Å². The molecule has 1 atom stereocenters. The van der Waals surface area contributed by atoms with Gasteiger partial charge in [0, 0.05) is 24.4 Å². The highest BCUT2D eigenvalue weighted by Gasteiger charge is 2.47. The number of likely N-dealkylation sites (tertiary alicyclic amines) is 1. The van der Waals surface area contributed by atoms with Gasteiger partial charge in [0.25, 0.3) is 11.8 Å². The van der Waals surface area contributed by atoms with Crippen LogP contribution in [0.2, 0.25) is 0 Å². The summed E-state index contributed by atoms with van der Waals surface area (Å²) in [5.74, 6) is -3.32. The molecule has 0 spiro atoms. The lowest BCUT2D eigenvalue weighted by molar-refractivity contribution is -0.131. The maximum atomic E-state index is 14.6. The summed E-state index contributed by atoms with van der Waals surface area (Å²) in [5.41, 5.74) is 1.17. The molecular formula is C21H17F2N5O2S. The van der Waals surface area contributed by atoms with Gasteiger partial charge in [-0.15, -0.1) is 16.1 Å². The SMILES string of the molecule is O=C(c1sccc1-n1nccn1)N1CCC(F)(F)C(Oc2ccc3ccccc3n2)C1. The highest BCUT2D eigenvalue weighted by Crippen LogP contribution is 2.33. The summed E-state index contributed by atoms with van der Waals surface area (Å²) in [6.45, 7) is -0.315. The Balaban J connectivity index is 1.38. The van der Waals surface area contributed by atoms with Crippen molar-refractivity contribution in [3.05, 3.63) is 65.1 Å². The number of rotatable bonds is 4. The van der Waals surface area contributed by atoms with Crippen molar-refractivity contribution >= 4 is 28.1 Å².